The molecule has 0 amide bonds. The smallest absolute Gasteiger partial charge is 0.310 e. The second-order valence-electron chi connectivity index (χ2n) is 6.25. The Labute approximate surface area is 126 Å². The van der Waals surface area contributed by atoms with Gasteiger partial charge < -0.3 is 9.84 Å². The normalized spacial score (nSPS) is 29.2. The third-order valence-corrected chi connectivity index (χ3v) is 6.65. The van der Waals surface area contributed by atoms with E-state index in [4.69, 9.17) is 4.74 Å². The summed E-state index contributed by atoms with van der Waals surface area (Å²) in [7, 11) is -2.33. The van der Waals surface area contributed by atoms with E-state index in [1.165, 1.54) is 7.11 Å². The molecule has 0 spiro atoms. The van der Waals surface area contributed by atoms with Gasteiger partial charge >= 0.3 is 5.97 Å². The first kappa shape index (κ1) is 16.7. The number of hydrogen-bond donors (Lipinski definition) is 2. The Morgan fingerprint density at radius 2 is 1.90 bits per heavy atom. The van der Waals surface area contributed by atoms with Crippen molar-refractivity contribution in [2.24, 2.45) is 5.92 Å². The Morgan fingerprint density at radius 3 is 2.52 bits per heavy atom. The highest BCUT2D eigenvalue weighted by Crippen LogP contribution is 2.32. The number of carbonyl (C=O) groups is 1. The lowest BCUT2D eigenvalue weighted by atomic mass is 9.85. The fraction of sp³-hybridized carbons (Fsp3) is 0.929. The molecular formula is C14H25NO5S. The summed E-state index contributed by atoms with van der Waals surface area (Å²) in [6, 6.07) is 0. The van der Waals surface area contributed by atoms with Crippen molar-refractivity contribution in [2.75, 3.05) is 13.7 Å². The summed E-state index contributed by atoms with van der Waals surface area (Å²) in [6.45, 7) is 0.0414. The van der Waals surface area contributed by atoms with E-state index in [1.807, 2.05) is 0 Å². The predicted molar refractivity (Wildman–Crippen MR) is 78.1 cm³/mol. The van der Waals surface area contributed by atoms with Gasteiger partial charge in [-0.05, 0) is 25.7 Å². The lowest BCUT2D eigenvalue weighted by molar-refractivity contribution is -0.145. The van der Waals surface area contributed by atoms with Crippen molar-refractivity contribution in [3.63, 3.8) is 0 Å². The molecule has 2 aliphatic carbocycles. The molecular weight excluding hydrogens is 294 g/mol. The zero-order valence-electron chi connectivity index (χ0n) is 12.5. The van der Waals surface area contributed by atoms with Crippen LogP contribution < -0.4 is 4.72 Å². The molecule has 7 heteroatoms. The highest BCUT2D eigenvalue weighted by atomic mass is 32.2. The quantitative estimate of drug-likeness (QED) is 0.736. The Kier molecular flexibility index (Phi) is 5.27. The fourth-order valence-electron chi connectivity index (χ4n) is 3.45. The number of hydrogen-bond acceptors (Lipinski definition) is 5. The average molecular weight is 319 g/mol. The zero-order valence-corrected chi connectivity index (χ0v) is 13.3. The average Bonchev–Trinajstić information content (AvgIpc) is 2.96. The Balaban J connectivity index is 1.99. The molecule has 2 unspecified atom stereocenters. The third-order valence-electron chi connectivity index (χ3n) is 4.74. The van der Waals surface area contributed by atoms with Crippen LogP contribution in [0.4, 0.5) is 0 Å². The minimum Gasteiger partial charge on any atom is -0.469 e. The number of aliphatic hydroxyl groups is 1. The molecule has 122 valence electrons. The van der Waals surface area contributed by atoms with Gasteiger partial charge in [0.1, 0.15) is 0 Å². The molecule has 2 saturated carbocycles. The monoisotopic (exact) mass is 319 g/mol. The molecule has 2 N–H and O–H groups in total. The summed E-state index contributed by atoms with van der Waals surface area (Å²) in [5.41, 5.74) is -0.940. The summed E-state index contributed by atoms with van der Waals surface area (Å²) >= 11 is 0. The molecule has 0 aliphatic heterocycles. The summed E-state index contributed by atoms with van der Waals surface area (Å²) in [6.07, 6.45) is 5.90. The van der Waals surface area contributed by atoms with E-state index < -0.39 is 32.8 Å². The van der Waals surface area contributed by atoms with Crippen molar-refractivity contribution < 1.29 is 23.1 Å². The van der Waals surface area contributed by atoms with E-state index >= 15 is 0 Å². The van der Waals surface area contributed by atoms with E-state index in [-0.39, 0.29) is 6.54 Å². The highest BCUT2D eigenvalue weighted by molar-refractivity contribution is 7.90. The Morgan fingerprint density at radius 1 is 1.24 bits per heavy atom. The molecule has 21 heavy (non-hydrogen) atoms. The molecule has 0 radical (unpaired) electrons. The third kappa shape index (κ3) is 3.96. The van der Waals surface area contributed by atoms with E-state index in [0.29, 0.717) is 32.1 Å². The SMILES string of the molecule is COC(=O)C1CCCC1S(=O)(=O)NCC1(O)CCCCC1. The van der Waals surface area contributed by atoms with Crippen LogP contribution in [-0.4, -0.2) is 44.0 Å². The van der Waals surface area contributed by atoms with Crippen LogP contribution in [0.1, 0.15) is 51.4 Å². The fourth-order valence-corrected chi connectivity index (χ4v) is 5.29. The lowest BCUT2D eigenvalue weighted by Crippen LogP contribution is -2.48. The molecule has 0 aromatic carbocycles. The minimum atomic E-state index is -3.61. The van der Waals surface area contributed by atoms with Crippen molar-refractivity contribution >= 4 is 16.0 Å². The first-order valence-corrected chi connectivity index (χ1v) is 9.21. The molecule has 6 nitrogen and oxygen atoms in total. The molecule has 2 rings (SSSR count). The predicted octanol–water partition coefficient (Wildman–Crippen LogP) is 0.943. The number of methoxy groups -OCH3 is 1. The van der Waals surface area contributed by atoms with Gasteiger partial charge in [0.2, 0.25) is 10.0 Å². The molecule has 0 bridgehead atoms. The summed E-state index contributed by atoms with van der Waals surface area (Å²) < 4.78 is 32.1. The van der Waals surface area contributed by atoms with E-state index in [0.717, 1.165) is 19.3 Å². The summed E-state index contributed by atoms with van der Waals surface area (Å²) in [5, 5.41) is 9.64. The maximum Gasteiger partial charge on any atom is 0.310 e. The summed E-state index contributed by atoms with van der Waals surface area (Å²) in [5.74, 6) is -1.05. The Bertz CT molecular complexity index is 470. The van der Waals surface area contributed by atoms with Gasteiger partial charge in [-0.3, -0.25) is 4.79 Å². The van der Waals surface area contributed by atoms with Gasteiger partial charge in [-0.15, -0.1) is 0 Å². The van der Waals surface area contributed by atoms with E-state index in [1.54, 1.807) is 0 Å². The highest BCUT2D eigenvalue weighted by Gasteiger charge is 2.43. The largest absolute Gasteiger partial charge is 0.469 e. The van der Waals surface area contributed by atoms with Gasteiger partial charge in [0.15, 0.2) is 0 Å². The van der Waals surface area contributed by atoms with Crippen LogP contribution in [0.15, 0.2) is 0 Å². The number of rotatable bonds is 5. The van der Waals surface area contributed by atoms with Crippen molar-refractivity contribution in [2.45, 2.75) is 62.2 Å². The van der Waals surface area contributed by atoms with Crippen molar-refractivity contribution in [3.8, 4) is 0 Å². The van der Waals surface area contributed by atoms with Crippen molar-refractivity contribution in [3.05, 3.63) is 0 Å². The molecule has 0 aromatic heterocycles. The molecule has 2 aliphatic rings. The van der Waals surface area contributed by atoms with Gasteiger partial charge in [-0.25, -0.2) is 13.1 Å². The van der Waals surface area contributed by atoms with Crippen LogP contribution in [0, 0.1) is 5.92 Å². The number of ether oxygens (including phenoxy) is 1. The topological polar surface area (TPSA) is 92.7 Å². The number of sulfonamides is 1. The maximum absolute atomic E-state index is 12.4. The zero-order chi connectivity index (χ0) is 15.5. The molecule has 0 heterocycles. The van der Waals surface area contributed by atoms with Crippen LogP contribution in [0.2, 0.25) is 0 Å². The number of esters is 1. The molecule has 2 atom stereocenters. The Hall–Kier alpha value is -0.660. The molecule has 0 aromatic rings. The molecule has 0 saturated heterocycles. The number of carbonyl (C=O) groups excluding carboxylic acids is 1. The van der Waals surface area contributed by atoms with E-state index in [2.05, 4.69) is 4.72 Å². The van der Waals surface area contributed by atoms with Gasteiger partial charge in [0, 0.05) is 6.54 Å². The number of nitrogens with one attached hydrogen (secondary N) is 1. The first-order valence-electron chi connectivity index (χ1n) is 7.67. The van der Waals surface area contributed by atoms with Gasteiger partial charge in [0.05, 0.1) is 23.9 Å². The lowest BCUT2D eigenvalue weighted by Gasteiger charge is -2.32. The van der Waals surface area contributed by atoms with Crippen molar-refractivity contribution in [1.29, 1.82) is 0 Å². The van der Waals surface area contributed by atoms with Crippen LogP contribution in [-0.2, 0) is 19.6 Å². The van der Waals surface area contributed by atoms with Gasteiger partial charge in [-0.1, -0.05) is 25.7 Å². The van der Waals surface area contributed by atoms with Crippen LogP contribution >= 0.6 is 0 Å². The maximum atomic E-state index is 12.4. The van der Waals surface area contributed by atoms with Crippen molar-refractivity contribution in [1.82, 2.24) is 4.72 Å². The van der Waals surface area contributed by atoms with Crippen LogP contribution in [0.3, 0.4) is 0 Å². The van der Waals surface area contributed by atoms with Gasteiger partial charge in [0.25, 0.3) is 0 Å². The first-order chi connectivity index (χ1) is 9.88. The summed E-state index contributed by atoms with van der Waals surface area (Å²) in [4.78, 5) is 11.7. The molecule has 2 fully saturated rings. The second-order valence-corrected chi connectivity index (χ2v) is 8.23. The van der Waals surface area contributed by atoms with Crippen LogP contribution in [0.25, 0.3) is 0 Å². The van der Waals surface area contributed by atoms with E-state index in [9.17, 15) is 18.3 Å². The van der Waals surface area contributed by atoms with Crippen LogP contribution in [0.5, 0.6) is 0 Å². The van der Waals surface area contributed by atoms with Gasteiger partial charge in [-0.2, -0.15) is 0 Å². The minimum absolute atomic E-state index is 0.0414. The second kappa shape index (κ2) is 6.62. The standard InChI is InChI=1S/C14H25NO5S/c1-20-13(16)11-6-5-7-12(11)21(18,19)15-10-14(17)8-3-2-4-9-14/h11-12,15,17H,2-10H2,1H3.